The van der Waals surface area contributed by atoms with E-state index < -0.39 is 12.1 Å². The number of nitrogens with zero attached hydrogens (tertiary/aromatic N) is 2. The molecule has 1 aromatic heterocycles. The number of aliphatic hydroxyl groups excluding tert-OH is 1. The zero-order valence-corrected chi connectivity index (χ0v) is 12.8. The molecule has 2 amide bonds. The van der Waals surface area contributed by atoms with Gasteiger partial charge in [0.25, 0.3) is 0 Å². The molecule has 1 atom stereocenters. The maximum Gasteiger partial charge on any atom is 0.319 e. The second kappa shape index (κ2) is 7.04. The number of carbonyl (C=O) groups is 1. The minimum Gasteiger partial charge on any atom is -0.391 e. The van der Waals surface area contributed by atoms with Crippen LogP contribution >= 0.6 is 0 Å². The van der Waals surface area contributed by atoms with Gasteiger partial charge in [-0.15, -0.1) is 0 Å². The highest BCUT2D eigenvalue weighted by atomic mass is 16.5. The third kappa shape index (κ3) is 4.05. The maximum atomic E-state index is 11.9. The Balaban J connectivity index is 2.05. The molecule has 2 rings (SSSR count). The lowest BCUT2D eigenvalue weighted by atomic mass is 10.1. The fourth-order valence-corrected chi connectivity index (χ4v) is 1.80. The van der Waals surface area contributed by atoms with Crippen molar-refractivity contribution >= 4 is 11.7 Å². The fourth-order valence-electron chi connectivity index (χ4n) is 1.80. The van der Waals surface area contributed by atoms with Crippen LogP contribution in [0.25, 0.3) is 11.4 Å². The summed E-state index contributed by atoms with van der Waals surface area (Å²) in [4.78, 5) is 16.1. The summed E-state index contributed by atoms with van der Waals surface area (Å²) in [5.41, 5.74) is 1.23. The lowest BCUT2D eigenvalue weighted by Gasteiger charge is -2.16. The number of aryl methyl sites for hydroxylation is 1. The minimum atomic E-state index is -0.583. The van der Waals surface area contributed by atoms with Crippen molar-refractivity contribution in [3.63, 3.8) is 0 Å². The number of hydrogen-bond acceptors (Lipinski definition) is 5. The first-order chi connectivity index (χ1) is 10.5. The minimum absolute atomic E-state index is 0.0786. The molecule has 0 bridgehead atoms. The van der Waals surface area contributed by atoms with Gasteiger partial charge in [0.1, 0.15) is 0 Å². The van der Waals surface area contributed by atoms with Gasteiger partial charge in [-0.25, -0.2) is 4.79 Å². The third-order valence-electron chi connectivity index (χ3n) is 3.19. The third-order valence-corrected chi connectivity index (χ3v) is 3.19. The summed E-state index contributed by atoms with van der Waals surface area (Å²) >= 11 is 0. The van der Waals surface area contributed by atoms with Crippen LogP contribution in [-0.2, 0) is 0 Å². The van der Waals surface area contributed by atoms with Gasteiger partial charge in [0.2, 0.25) is 11.7 Å². The molecule has 1 aromatic carbocycles. The molecule has 1 heterocycles. The Labute approximate surface area is 128 Å². The van der Waals surface area contributed by atoms with Crippen molar-refractivity contribution in [1.29, 1.82) is 0 Å². The molecular weight excluding hydrogens is 284 g/mol. The van der Waals surface area contributed by atoms with E-state index in [0.717, 1.165) is 0 Å². The summed E-state index contributed by atoms with van der Waals surface area (Å²) in [6, 6.07) is 6.77. The smallest absolute Gasteiger partial charge is 0.319 e. The Hall–Kier alpha value is -2.41. The van der Waals surface area contributed by atoms with E-state index in [1.54, 1.807) is 25.1 Å². The van der Waals surface area contributed by atoms with E-state index in [-0.39, 0.29) is 12.5 Å². The van der Waals surface area contributed by atoms with Crippen LogP contribution in [0.5, 0.6) is 0 Å². The molecule has 0 aliphatic carbocycles. The normalized spacial score (nSPS) is 12.2. The van der Waals surface area contributed by atoms with E-state index in [1.165, 1.54) is 0 Å². The van der Waals surface area contributed by atoms with Crippen LogP contribution in [0, 0.1) is 12.8 Å². The maximum absolute atomic E-state index is 11.9. The van der Waals surface area contributed by atoms with Gasteiger partial charge in [0, 0.05) is 19.0 Å². The molecule has 22 heavy (non-hydrogen) atoms. The highest BCUT2D eigenvalue weighted by molar-refractivity contribution is 5.93. The van der Waals surface area contributed by atoms with Gasteiger partial charge >= 0.3 is 6.03 Å². The Morgan fingerprint density at radius 2 is 2.09 bits per heavy atom. The molecule has 7 heteroatoms. The van der Waals surface area contributed by atoms with Gasteiger partial charge in [-0.3, -0.25) is 0 Å². The molecule has 0 aliphatic rings. The van der Waals surface area contributed by atoms with Crippen LogP contribution in [-0.4, -0.2) is 33.9 Å². The van der Waals surface area contributed by atoms with E-state index in [4.69, 9.17) is 4.52 Å². The number of para-hydroxylation sites is 1. The SMILES string of the molecule is Cc1nc(-c2ccccc2NC(=O)NCC(O)C(C)C)no1. The Morgan fingerprint density at radius 3 is 2.73 bits per heavy atom. The lowest BCUT2D eigenvalue weighted by molar-refractivity contribution is 0.126. The quantitative estimate of drug-likeness (QED) is 0.786. The van der Waals surface area contributed by atoms with Gasteiger partial charge in [-0.05, 0) is 18.1 Å². The topological polar surface area (TPSA) is 100 Å². The number of anilines is 1. The van der Waals surface area contributed by atoms with Crippen molar-refractivity contribution in [3.05, 3.63) is 30.2 Å². The number of benzene rings is 1. The highest BCUT2D eigenvalue weighted by Gasteiger charge is 2.14. The van der Waals surface area contributed by atoms with Gasteiger partial charge in [-0.1, -0.05) is 31.1 Å². The molecule has 0 saturated heterocycles. The summed E-state index contributed by atoms with van der Waals surface area (Å²) in [6.07, 6.45) is -0.583. The van der Waals surface area contributed by atoms with Crippen molar-refractivity contribution in [1.82, 2.24) is 15.5 Å². The average Bonchev–Trinajstić information content (AvgIpc) is 2.91. The summed E-state index contributed by atoms with van der Waals surface area (Å²) in [7, 11) is 0. The van der Waals surface area contributed by atoms with Gasteiger partial charge in [0.05, 0.1) is 11.8 Å². The molecule has 7 nitrogen and oxygen atoms in total. The Kier molecular flexibility index (Phi) is 5.11. The molecular formula is C15H20N4O3. The van der Waals surface area contributed by atoms with Crippen molar-refractivity contribution in [2.24, 2.45) is 5.92 Å². The van der Waals surface area contributed by atoms with E-state index in [9.17, 15) is 9.90 Å². The number of aromatic nitrogens is 2. The first kappa shape index (κ1) is 16.0. The molecule has 3 N–H and O–H groups in total. The molecule has 0 spiro atoms. The number of nitrogens with one attached hydrogen (secondary N) is 2. The van der Waals surface area contributed by atoms with Crippen LogP contribution in [0.3, 0.4) is 0 Å². The summed E-state index contributed by atoms with van der Waals surface area (Å²) in [6.45, 7) is 5.66. The van der Waals surface area contributed by atoms with E-state index in [1.807, 2.05) is 19.9 Å². The molecule has 0 saturated carbocycles. The van der Waals surface area contributed by atoms with Crippen molar-refractivity contribution in [2.45, 2.75) is 26.9 Å². The number of amides is 2. The Bertz CT molecular complexity index is 639. The van der Waals surface area contributed by atoms with E-state index in [2.05, 4.69) is 20.8 Å². The van der Waals surface area contributed by atoms with Gasteiger partial charge < -0.3 is 20.3 Å². The number of aliphatic hydroxyl groups is 1. The number of rotatable bonds is 5. The molecule has 0 aliphatic heterocycles. The summed E-state index contributed by atoms with van der Waals surface area (Å²) < 4.78 is 4.96. The number of hydrogen-bond donors (Lipinski definition) is 3. The average molecular weight is 304 g/mol. The van der Waals surface area contributed by atoms with Crippen LogP contribution in [0.15, 0.2) is 28.8 Å². The standard InChI is InChI=1S/C15H20N4O3/c1-9(2)13(20)8-16-15(21)18-12-7-5-4-6-11(12)14-17-10(3)22-19-14/h4-7,9,13,20H,8H2,1-3H3,(H2,16,18,21). The Morgan fingerprint density at radius 1 is 1.36 bits per heavy atom. The molecule has 118 valence electrons. The van der Waals surface area contributed by atoms with Gasteiger partial charge in [0.15, 0.2) is 0 Å². The van der Waals surface area contributed by atoms with Crippen LogP contribution in [0.2, 0.25) is 0 Å². The summed E-state index contributed by atoms with van der Waals surface area (Å²) in [5, 5.41) is 18.9. The second-order valence-electron chi connectivity index (χ2n) is 5.33. The van der Waals surface area contributed by atoms with Crippen LogP contribution in [0.4, 0.5) is 10.5 Å². The van der Waals surface area contributed by atoms with Crippen molar-refractivity contribution in [3.8, 4) is 11.4 Å². The fraction of sp³-hybridized carbons (Fsp3) is 0.400. The molecule has 0 radical (unpaired) electrons. The predicted octanol–water partition coefficient (Wildman–Crippen LogP) is 2.18. The highest BCUT2D eigenvalue weighted by Crippen LogP contribution is 2.25. The van der Waals surface area contributed by atoms with Crippen LogP contribution < -0.4 is 10.6 Å². The van der Waals surface area contributed by atoms with E-state index in [0.29, 0.717) is 23.0 Å². The van der Waals surface area contributed by atoms with Crippen molar-refractivity contribution < 1.29 is 14.4 Å². The summed E-state index contributed by atoms with van der Waals surface area (Å²) in [5.74, 6) is 0.944. The lowest BCUT2D eigenvalue weighted by Crippen LogP contribution is -2.37. The second-order valence-corrected chi connectivity index (χ2v) is 5.33. The molecule has 2 aromatic rings. The predicted molar refractivity (Wildman–Crippen MR) is 82.3 cm³/mol. The largest absolute Gasteiger partial charge is 0.391 e. The van der Waals surface area contributed by atoms with Crippen molar-refractivity contribution in [2.75, 3.05) is 11.9 Å². The first-order valence-corrected chi connectivity index (χ1v) is 7.10. The first-order valence-electron chi connectivity index (χ1n) is 7.10. The van der Waals surface area contributed by atoms with E-state index >= 15 is 0 Å². The monoisotopic (exact) mass is 304 g/mol. The zero-order valence-electron chi connectivity index (χ0n) is 12.8. The number of carbonyl (C=O) groups excluding carboxylic acids is 1. The zero-order chi connectivity index (χ0) is 16.1. The molecule has 1 unspecified atom stereocenters. The van der Waals surface area contributed by atoms with Gasteiger partial charge in [-0.2, -0.15) is 4.98 Å². The van der Waals surface area contributed by atoms with Crippen LogP contribution in [0.1, 0.15) is 19.7 Å². The number of urea groups is 1. The molecule has 0 fully saturated rings.